The number of aromatic nitrogens is 4. The molecule has 0 N–H and O–H groups in total. The minimum Gasteiger partial charge on any atom is -0.412 e. The van der Waals surface area contributed by atoms with Crippen molar-refractivity contribution in [2.75, 3.05) is 0 Å². The molecule has 0 amide bonds. The molecule has 0 aliphatic carbocycles. The summed E-state index contributed by atoms with van der Waals surface area (Å²) in [4.78, 5) is 17.9. The van der Waals surface area contributed by atoms with E-state index in [4.69, 9.17) is 40.7 Å². The standard InChI is InChI=1S/C40H28N7O6P3/c1-3-15-31-29(13-1)21-23-33-34-24-22-30-14-2-4-16-32(30)40(34)53-56(52-39(31)33)46-54(48-35-17-5-9-25-41-35,49-36-18-6-10-26-42-36)45-55(47-56,50-37-19-7-11-27-43-37)51-38-20-8-12-28-44-38/h1-28H. The second-order valence-corrected chi connectivity index (χ2v) is 18.5. The lowest BCUT2D eigenvalue weighted by atomic mass is 9.96. The zero-order valence-corrected chi connectivity index (χ0v) is 31.8. The minimum absolute atomic E-state index is 0.157. The highest BCUT2D eigenvalue weighted by Crippen LogP contribution is 2.79. The van der Waals surface area contributed by atoms with E-state index in [1.165, 1.54) is 0 Å². The van der Waals surface area contributed by atoms with Crippen LogP contribution in [-0.4, -0.2) is 19.9 Å². The van der Waals surface area contributed by atoms with Crippen LogP contribution in [0.1, 0.15) is 0 Å². The summed E-state index contributed by atoms with van der Waals surface area (Å²) < 4.78 is 57.2. The summed E-state index contributed by atoms with van der Waals surface area (Å²) in [5.74, 6) is 1.60. The number of fused-ring (bicyclic) bond motifs is 7. The van der Waals surface area contributed by atoms with Gasteiger partial charge in [-0.2, -0.15) is 0 Å². The van der Waals surface area contributed by atoms with Gasteiger partial charge >= 0.3 is 23.0 Å². The Kier molecular flexibility index (Phi) is 8.48. The van der Waals surface area contributed by atoms with Gasteiger partial charge in [0.25, 0.3) is 0 Å². The summed E-state index contributed by atoms with van der Waals surface area (Å²) in [5.41, 5.74) is 1.55. The van der Waals surface area contributed by atoms with Crippen molar-refractivity contribution < 1.29 is 27.1 Å². The monoisotopic (exact) mass is 795 g/mol. The maximum Gasteiger partial charge on any atom is 0.463 e. The van der Waals surface area contributed by atoms with Crippen molar-refractivity contribution in [2.24, 2.45) is 13.5 Å². The SMILES string of the molecule is c1ccc(OP2(Oc3ccccn3)=NP(Oc3ccccn3)(Oc3ccccn3)=NP3(=N2)Oc2c(ccc4ccccc24)-c2ccc4ccccc4c2O3)nc1. The summed E-state index contributed by atoms with van der Waals surface area (Å²) in [7, 11) is -12.5. The van der Waals surface area contributed by atoms with Gasteiger partial charge in [-0.25, -0.2) is 19.9 Å². The average Bonchev–Trinajstić information content (AvgIpc) is 3.36. The fourth-order valence-electron chi connectivity index (χ4n) is 6.19. The van der Waals surface area contributed by atoms with Crippen LogP contribution >= 0.6 is 23.0 Å². The summed E-state index contributed by atoms with van der Waals surface area (Å²) in [5, 5.41) is 3.48. The quantitative estimate of drug-likeness (QED) is 0.136. The summed E-state index contributed by atoms with van der Waals surface area (Å²) in [6, 6.07) is 44.8. The van der Waals surface area contributed by atoms with Crippen molar-refractivity contribution in [2.45, 2.75) is 0 Å². The Hall–Kier alpha value is -6.51. The lowest BCUT2D eigenvalue weighted by Gasteiger charge is -2.32. The van der Waals surface area contributed by atoms with Gasteiger partial charge in [-0.1, -0.05) is 98.5 Å². The Morgan fingerprint density at radius 2 is 0.732 bits per heavy atom. The van der Waals surface area contributed by atoms with Crippen LogP contribution in [-0.2, 0) is 0 Å². The molecular weight excluding hydrogens is 767 g/mol. The van der Waals surface area contributed by atoms with Gasteiger partial charge in [0.15, 0.2) is 0 Å². The minimum atomic E-state index is -4.15. The van der Waals surface area contributed by atoms with Gasteiger partial charge in [0.1, 0.15) is 11.5 Å². The number of hydrogen-bond donors (Lipinski definition) is 0. The van der Waals surface area contributed by atoms with Gasteiger partial charge in [-0.3, -0.25) is 0 Å². The van der Waals surface area contributed by atoms with E-state index in [9.17, 15) is 0 Å². The highest BCUT2D eigenvalue weighted by atomic mass is 31.3. The first-order valence-electron chi connectivity index (χ1n) is 17.3. The van der Waals surface area contributed by atoms with E-state index in [0.717, 1.165) is 32.7 Å². The lowest BCUT2D eigenvalue weighted by molar-refractivity contribution is 0.431. The lowest BCUT2D eigenvalue weighted by Crippen LogP contribution is -2.12. The van der Waals surface area contributed by atoms with E-state index in [0.29, 0.717) is 11.5 Å². The Bertz CT molecular complexity index is 2660. The van der Waals surface area contributed by atoms with E-state index in [-0.39, 0.29) is 23.5 Å². The van der Waals surface area contributed by atoms with Crippen LogP contribution in [0.3, 0.4) is 0 Å². The van der Waals surface area contributed by atoms with E-state index < -0.39 is 23.0 Å². The third kappa shape index (κ3) is 6.52. The maximum absolute atomic E-state index is 7.24. The molecule has 0 saturated heterocycles. The Labute approximate surface area is 320 Å². The third-order valence-corrected chi connectivity index (χ3v) is 16.5. The molecule has 4 aromatic carbocycles. The van der Waals surface area contributed by atoms with Gasteiger partial charge in [0, 0.05) is 71.0 Å². The van der Waals surface area contributed by atoms with Gasteiger partial charge in [0.05, 0.1) is 0 Å². The number of benzene rings is 4. The smallest absolute Gasteiger partial charge is 0.412 e. The van der Waals surface area contributed by atoms with Crippen LogP contribution in [0.15, 0.2) is 184 Å². The molecule has 56 heavy (non-hydrogen) atoms. The molecule has 0 bridgehead atoms. The molecule has 8 aromatic rings. The number of hydrogen-bond acceptors (Lipinski definition) is 13. The number of rotatable bonds is 8. The van der Waals surface area contributed by atoms with Crippen LogP contribution in [0, 0.1) is 0 Å². The first kappa shape index (κ1) is 34.0. The molecule has 10 rings (SSSR count). The second kappa shape index (κ2) is 14.0. The fourth-order valence-corrected chi connectivity index (χ4v) is 15.2. The van der Waals surface area contributed by atoms with Gasteiger partial charge in [0.2, 0.25) is 23.5 Å². The first-order chi connectivity index (χ1) is 27.6. The highest BCUT2D eigenvalue weighted by molar-refractivity contribution is 7.79. The molecule has 2 aliphatic rings. The first-order valence-corrected chi connectivity index (χ1v) is 21.9. The van der Waals surface area contributed by atoms with Crippen molar-refractivity contribution in [1.82, 2.24) is 19.9 Å². The zero-order chi connectivity index (χ0) is 37.4. The molecule has 0 atom stereocenters. The molecule has 6 heterocycles. The molecule has 0 fully saturated rings. The second-order valence-electron chi connectivity index (χ2n) is 12.3. The van der Waals surface area contributed by atoms with Crippen molar-refractivity contribution in [3.05, 3.63) is 170 Å². The predicted molar refractivity (Wildman–Crippen MR) is 216 cm³/mol. The van der Waals surface area contributed by atoms with Crippen molar-refractivity contribution in [1.29, 1.82) is 0 Å². The predicted octanol–water partition coefficient (Wildman–Crippen LogP) is 12.2. The largest absolute Gasteiger partial charge is 0.463 e. The molecule has 4 aromatic heterocycles. The van der Waals surface area contributed by atoms with E-state index >= 15 is 0 Å². The summed E-state index contributed by atoms with van der Waals surface area (Å²) in [6.07, 6.45) is 6.36. The highest BCUT2D eigenvalue weighted by Gasteiger charge is 2.51. The molecule has 274 valence electrons. The molecule has 0 radical (unpaired) electrons. The molecule has 16 heteroatoms. The van der Waals surface area contributed by atoms with Gasteiger partial charge in [-0.05, 0) is 47.2 Å². The molecule has 2 aliphatic heterocycles. The van der Waals surface area contributed by atoms with Crippen LogP contribution in [0.25, 0.3) is 32.7 Å². The zero-order valence-electron chi connectivity index (χ0n) is 29.1. The molecule has 1 spiro atoms. The van der Waals surface area contributed by atoms with E-state index in [1.54, 1.807) is 97.6 Å². The van der Waals surface area contributed by atoms with Crippen LogP contribution in [0.2, 0.25) is 0 Å². The van der Waals surface area contributed by atoms with Crippen molar-refractivity contribution >= 4 is 44.5 Å². The summed E-state index contributed by atoms with van der Waals surface area (Å²) in [6.45, 7) is 0. The van der Waals surface area contributed by atoms with Gasteiger partial charge in [-0.15, -0.1) is 0 Å². The number of nitrogens with zero attached hydrogens (tertiary/aromatic N) is 7. The fraction of sp³-hybridized carbons (Fsp3) is 0. The van der Waals surface area contributed by atoms with Crippen LogP contribution in [0.4, 0.5) is 0 Å². The van der Waals surface area contributed by atoms with Crippen molar-refractivity contribution in [3.63, 3.8) is 0 Å². The Balaban J connectivity index is 1.34. The Morgan fingerprint density at radius 3 is 1.12 bits per heavy atom. The Morgan fingerprint density at radius 1 is 0.357 bits per heavy atom. The average molecular weight is 796 g/mol. The molecule has 0 saturated carbocycles. The van der Waals surface area contributed by atoms with E-state index in [1.807, 2.05) is 60.7 Å². The van der Waals surface area contributed by atoms with Gasteiger partial charge < -0.3 is 27.1 Å². The molecular formula is C40H28N7O6P3. The van der Waals surface area contributed by atoms with E-state index in [2.05, 4.69) is 32.1 Å². The maximum atomic E-state index is 7.24. The van der Waals surface area contributed by atoms with Crippen molar-refractivity contribution in [3.8, 4) is 46.1 Å². The molecule has 13 nitrogen and oxygen atoms in total. The van der Waals surface area contributed by atoms with Crippen LogP contribution in [0.5, 0.6) is 35.0 Å². The third-order valence-electron chi connectivity index (χ3n) is 8.55. The summed E-state index contributed by atoms with van der Waals surface area (Å²) >= 11 is 0. The van der Waals surface area contributed by atoms with Crippen LogP contribution < -0.4 is 27.1 Å². The topological polar surface area (TPSA) is 144 Å². The normalized spacial score (nSPS) is 15.6. The number of pyridine rings is 4. The molecule has 0 unspecified atom stereocenters.